The van der Waals surface area contributed by atoms with Crippen molar-refractivity contribution in [3.05, 3.63) is 53.9 Å². The molecule has 0 bridgehead atoms. The Morgan fingerprint density at radius 1 is 1.39 bits per heavy atom. The molecule has 0 saturated carbocycles. The molecule has 0 aliphatic rings. The zero-order valence-electron chi connectivity index (χ0n) is 10.6. The quantitative estimate of drug-likeness (QED) is 0.794. The molecule has 0 amide bonds. The van der Waals surface area contributed by atoms with Crippen molar-refractivity contribution in [2.75, 3.05) is 6.54 Å². The summed E-state index contributed by atoms with van der Waals surface area (Å²) in [5.74, 6) is -0.170. The summed E-state index contributed by atoms with van der Waals surface area (Å²) in [6.45, 7) is 4.65. The summed E-state index contributed by atoms with van der Waals surface area (Å²) in [4.78, 5) is 4.11. The number of hydrogen-bond acceptors (Lipinski definition) is 2. The summed E-state index contributed by atoms with van der Waals surface area (Å²) in [7, 11) is 0. The van der Waals surface area contributed by atoms with Crippen LogP contribution in [0.5, 0.6) is 0 Å². The average molecular weight is 247 g/mol. The van der Waals surface area contributed by atoms with Gasteiger partial charge in [-0.05, 0) is 37.6 Å². The number of benzene rings is 1. The summed E-state index contributed by atoms with van der Waals surface area (Å²) in [5.41, 5.74) is 2.20. The van der Waals surface area contributed by atoms with Crippen LogP contribution in [0.1, 0.15) is 18.2 Å². The lowest BCUT2D eigenvalue weighted by Gasteiger charge is -2.07. The third-order valence-corrected chi connectivity index (χ3v) is 2.92. The lowest BCUT2D eigenvalue weighted by Crippen LogP contribution is -2.18. The lowest BCUT2D eigenvalue weighted by molar-refractivity contribution is 0.615. The number of nitrogens with zero attached hydrogens (tertiary/aromatic N) is 2. The minimum atomic E-state index is -0.170. The van der Waals surface area contributed by atoms with Crippen molar-refractivity contribution < 1.29 is 4.39 Å². The number of hydrogen-bond donors (Lipinski definition) is 1. The summed E-state index contributed by atoms with van der Waals surface area (Å²) >= 11 is 0. The van der Waals surface area contributed by atoms with Crippen LogP contribution < -0.4 is 5.32 Å². The Labute approximate surface area is 107 Å². The first-order valence-corrected chi connectivity index (χ1v) is 6.23. The monoisotopic (exact) mass is 247 g/mol. The van der Waals surface area contributed by atoms with E-state index in [4.69, 9.17) is 0 Å². The minimum Gasteiger partial charge on any atom is -0.334 e. The van der Waals surface area contributed by atoms with E-state index >= 15 is 0 Å². The third-order valence-electron chi connectivity index (χ3n) is 2.92. The van der Waals surface area contributed by atoms with E-state index in [-0.39, 0.29) is 5.82 Å². The summed E-state index contributed by atoms with van der Waals surface area (Å²) < 4.78 is 15.1. The van der Waals surface area contributed by atoms with E-state index in [1.807, 2.05) is 18.6 Å². The van der Waals surface area contributed by atoms with Crippen LogP contribution in [0.3, 0.4) is 0 Å². The summed E-state index contributed by atoms with van der Waals surface area (Å²) in [6.07, 6.45) is 4.54. The second-order valence-corrected chi connectivity index (χ2v) is 4.23. The molecule has 3 nitrogen and oxygen atoms in total. The first kappa shape index (κ1) is 12.8. The Morgan fingerprint density at radius 2 is 2.28 bits per heavy atom. The molecule has 96 valence electrons. The largest absolute Gasteiger partial charge is 0.334 e. The maximum atomic E-state index is 13.0. The van der Waals surface area contributed by atoms with Gasteiger partial charge in [0, 0.05) is 19.3 Å². The van der Waals surface area contributed by atoms with Gasteiger partial charge in [0.2, 0.25) is 0 Å². The predicted octanol–water partition coefficient (Wildman–Crippen LogP) is 2.37. The molecule has 0 saturated heterocycles. The molecule has 0 aliphatic heterocycles. The normalized spacial score (nSPS) is 10.8. The van der Waals surface area contributed by atoms with Gasteiger partial charge in [-0.25, -0.2) is 9.37 Å². The van der Waals surface area contributed by atoms with Gasteiger partial charge in [0.05, 0.1) is 12.0 Å². The molecule has 1 heterocycles. The topological polar surface area (TPSA) is 29.9 Å². The minimum absolute atomic E-state index is 0.170. The fraction of sp³-hybridized carbons (Fsp3) is 0.357. The Balaban J connectivity index is 1.76. The van der Waals surface area contributed by atoms with Gasteiger partial charge in [0.25, 0.3) is 0 Å². The Morgan fingerprint density at radius 3 is 3.06 bits per heavy atom. The zero-order valence-corrected chi connectivity index (χ0v) is 10.6. The number of rotatable bonds is 6. The van der Waals surface area contributed by atoms with Crippen molar-refractivity contribution in [1.29, 1.82) is 0 Å². The number of imidazole rings is 1. The maximum Gasteiger partial charge on any atom is 0.123 e. The van der Waals surface area contributed by atoms with Crippen LogP contribution in [0, 0.1) is 5.82 Å². The Hall–Kier alpha value is -1.68. The first-order valence-electron chi connectivity index (χ1n) is 6.23. The van der Waals surface area contributed by atoms with Crippen LogP contribution in [0.15, 0.2) is 36.8 Å². The Kier molecular flexibility index (Phi) is 4.47. The lowest BCUT2D eigenvalue weighted by atomic mass is 10.1. The molecule has 0 atom stereocenters. The first-order chi connectivity index (χ1) is 8.79. The molecule has 0 spiro atoms. The highest BCUT2D eigenvalue weighted by Crippen LogP contribution is 2.04. The van der Waals surface area contributed by atoms with Gasteiger partial charge in [-0.15, -0.1) is 0 Å². The van der Waals surface area contributed by atoms with Crippen LogP contribution >= 0.6 is 0 Å². The van der Waals surface area contributed by atoms with Crippen LogP contribution in [0.25, 0.3) is 0 Å². The van der Waals surface area contributed by atoms with Gasteiger partial charge in [-0.1, -0.05) is 12.1 Å². The van der Waals surface area contributed by atoms with E-state index < -0.39 is 0 Å². The van der Waals surface area contributed by atoms with Gasteiger partial charge in [-0.2, -0.15) is 0 Å². The fourth-order valence-corrected chi connectivity index (χ4v) is 1.92. The van der Waals surface area contributed by atoms with Crippen LogP contribution in [0.2, 0.25) is 0 Å². The van der Waals surface area contributed by atoms with Gasteiger partial charge in [-0.3, -0.25) is 0 Å². The molecule has 1 N–H and O–H groups in total. The van der Waals surface area contributed by atoms with Gasteiger partial charge in [0.15, 0.2) is 0 Å². The number of halogens is 1. The van der Waals surface area contributed by atoms with E-state index in [1.54, 1.807) is 12.1 Å². The van der Waals surface area contributed by atoms with E-state index in [2.05, 4.69) is 21.8 Å². The molecule has 18 heavy (non-hydrogen) atoms. The SMILES string of the molecule is CCn1cncc1CNCCc1cccc(F)c1. The molecule has 0 aliphatic carbocycles. The van der Waals surface area contributed by atoms with Crippen molar-refractivity contribution in [3.63, 3.8) is 0 Å². The maximum absolute atomic E-state index is 13.0. The molecule has 0 fully saturated rings. The Bertz CT molecular complexity index is 493. The molecule has 2 aromatic rings. The highest BCUT2D eigenvalue weighted by molar-refractivity contribution is 5.16. The molecule has 2 rings (SSSR count). The zero-order chi connectivity index (χ0) is 12.8. The fourth-order valence-electron chi connectivity index (χ4n) is 1.92. The smallest absolute Gasteiger partial charge is 0.123 e. The molecular weight excluding hydrogens is 229 g/mol. The number of nitrogens with one attached hydrogen (secondary N) is 1. The molecule has 1 aromatic carbocycles. The molecular formula is C14H18FN3. The van der Waals surface area contributed by atoms with Crippen molar-refractivity contribution in [2.24, 2.45) is 0 Å². The third kappa shape index (κ3) is 3.40. The molecule has 0 unspecified atom stereocenters. The van der Waals surface area contributed by atoms with E-state index in [1.165, 1.54) is 11.8 Å². The van der Waals surface area contributed by atoms with Crippen LogP contribution in [-0.2, 0) is 19.5 Å². The number of aromatic nitrogens is 2. The van der Waals surface area contributed by atoms with Gasteiger partial charge in [0.1, 0.15) is 5.82 Å². The molecule has 1 aromatic heterocycles. The molecule has 0 radical (unpaired) electrons. The van der Waals surface area contributed by atoms with Crippen molar-refractivity contribution in [1.82, 2.24) is 14.9 Å². The number of aryl methyl sites for hydroxylation is 1. The summed E-state index contributed by atoms with van der Waals surface area (Å²) in [6, 6.07) is 6.74. The second kappa shape index (κ2) is 6.31. The highest BCUT2D eigenvalue weighted by Gasteiger charge is 2.00. The van der Waals surface area contributed by atoms with Crippen LogP contribution in [0.4, 0.5) is 4.39 Å². The van der Waals surface area contributed by atoms with E-state index in [0.717, 1.165) is 31.6 Å². The standard InChI is InChI=1S/C14H18FN3/c1-2-18-11-17-10-14(18)9-16-7-6-12-4-3-5-13(15)8-12/h3-5,8,10-11,16H,2,6-7,9H2,1H3. The predicted molar refractivity (Wildman–Crippen MR) is 69.7 cm³/mol. The van der Waals surface area contributed by atoms with Crippen LogP contribution in [-0.4, -0.2) is 16.1 Å². The van der Waals surface area contributed by atoms with E-state index in [9.17, 15) is 4.39 Å². The highest BCUT2D eigenvalue weighted by atomic mass is 19.1. The summed E-state index contributed by atoms with van der Waals surface area (Å²) in [5, 5.41) is 3.35. The van der Waals surface area contributed by atoms with Crippen molar-refractivity contribution >= 4 is 0 Å². The van der Waals surface area contributed by atoms with Gasteiger partial charge >= 0.3 is 0 Å². The van der Waals surface area contributed by atoms with Gasteiger partial charge < -0.3 is 9.88 Å². The average Bonchev–Trinajstić information content (AvgIpc) is 2.82. The van der Waals surface area contributed by atoms with Crippen molar-refractivity contribution in [2.45, 2.75) is 26.4 Å². The molecule has 4 heteroatoms. The second-order valence-electron chi connectivity index (χ2n) is 4.23. The van der Waals surface area contributed by atoms with E-state index in [0.29, 0.717) is 0 Å². The van der Waals surface area contributed by atoms with Crippen molar-refractivity contribution in [3.8, 4) is 0 Å².